The minimum absolute atomic E-state index is 0.00871. The van der Waals surface area contributed by atoms with E-state index in [2.05, 4.69) is 10.6 Å². The molecule has 5 N–H and O–H groups in total. The Kier molecular flexibility index (Phi) is 7.59. The number of rotatable bonds is 9. The minimum Gasteiger partial charge on any atom is -0.481 e. The summed E-state index contributed by atoms with van der Waals surface area (Å²) in [5.74, 6) is -1.91. The van der Waals surface area contributed by atoms with Gasteiger partial charge in [0.25, 0.3) is 5.91 Å². The van der Waals surface area contributed by atoms with Crippen LogP contribution in [0.5, 0.6) is 0 Å². The minimum atomic E-state index is -1.03. The van der Waals surface area contributed by atoms with Crippen molar-refractivity contribution < 1.29 is 19.5 Å². The molecule has 0 aromatic heterocycles. The van der Waals surface area contributed by atoms with Crippen molar-refractivity contribution in [3.63, 3.8) is 0 Å². The van der Waals surface area contributed by atoms with E-state index in [1.807, 2.05) is 54.6 Å². The first kappa shape index (κ1) is 22.6. The highest BCUT2D eigenvalue weighted by molar-refractivity contribution is 5.98. The maximum absolute atomic E-state index is 12.7. The highest BCUT2D eigenvalue weighted by Crippen LogP contribution is 2.21. The maximum Gasteiger partial charge on any atom is 0.303 e. The van der Waals surface area contributed by atoms with Crippen molar-refractivity contribution in [2.75, 3.05) is 5.73 Å². The van der Waals surface area contributed by atoms with E-state index >= 15 is 0 Å². The SMILES string of the molecule is Nc1ccc(-c2ccc(C(=O)N[C@@H](CCC(=O)O)C(=O)NCc3ccccc3)cc2)cc1. The van der Waals surface area contributed by atoms with Crippen molar-refractivity contribution in [3.05, 3.63) is 90.0 Å². The fourth-order valence-corrected chi connectivity index (χ4v) is 3.18. The van der Waals surface area contributed by atoms with Gasteiger partial charge in [-0.25, -0.2) is 0 Å². The standard InChI is InChI=1S/C25H25N3O4/c26-21-12-10-19(11-13-21)18-6-8-20(9-7-18)24(31)28-22(14-15-23(29)30)25(32)27-16-17-4-2-1-3-5-17/h1-13,22H,14-16,26H2,(H,27,32)(H,28,31)(H,29,30)/t22-/m0/s1. The first-order valence-electron chi connectivity index (χ1n) is 10.2. The van der Waals surface area contributed by atoms with E-state index in [-0.39, 0.29) is 19.4 Å². The average Bonchev–Trinajstić information content (AvgIpc) is 2.81. The van der Waals surface area contributed by atoms with Crippen LogP contribution in [0, 0.1) is 0 Å². The van der Waals surface area contributed by atoms with Crippen molar-refractivity contribution in [1.82, 2.24) is 10.6 Å². The fourth-order valence-electron chi connectivity index (χ4n) is 3.18. The number of nitrogens with two attached hydrogens (primary N) is 1. The molecular formula is C25H25N3O4. The van der Waals surface area contributed by atoms with Gasteiger partial charge in [0, 0.05) is 24.2 Å². The molecule has 32 heavy (non-hydrogen) atoms. The van der Waals surface area contributed by atoms with Gasteiger partial charge < -0.3 is 21.5 Å². The number of anilines is 1. The number of amides is 2. The second kappa shape index (κ2) is 10.8. The predicted octanol–water partition coefficient (Wildman–Crippen LogP) is 3.22. The number of hydrogen-bond donors (Lipinski definition) is 4. The lowest BCUT2D eigenvalue weighted by atomic mass is 10.0. The first-order valence-corrected chi connectivity index (χ1v) is 10.2. The zero-order valence-corrected chi connectivity index (χ0v) is 17.5. The number of benzene rings is 3. The molecule has 0 aliphatic heterocycles. The van der Waals surface area contributed by atoms with Gasteiger partial charge >= 0.3 is 5.97 Å². The molecule has 0 unspecified atom stereocenters. The van der Waals surface area contributed by atoms with E-state index in [4.69, 9.17) is 10.8 Å². The molecule has 7 nitrogen and oxygen atoms in total. The van der Waals surface area contributed by atoms with Crippen LogP contribution in [0.25, 0.3) is 11.1 Å². The van der Waals surface area contributed by atoms with Crippen LogP contribution in [-0.4, -0.2) is 28.9 Å². The normalized spacial score (nSPS) is 11.4. The van der Waals surface area contributed by atoms with Gasteiger partial charge in [-0.1, -0.05) is 54.6 Å². The Morgan fingerprint density at radius 3 is 2.03 bits per heavy atom. The Balaban J connectivity index is 1.66. The van der Waals surface area contributed by atoms with Gasteiger partial charge in [0.05, 0.1) is 0 Å². The van der Waals surface area contributed by atoms with Crippen LogP contribution in [0.2, 0.25) is 0 Å². The third-order valence-corrected chi connectivity index (χ3v) is 4.97. The van der Waals surface area contributed by atoms with E-state index in [0.29, 0.717) is 11.3 Å². The van der Waals surface area contributed by atoms with Crippen molar-refractivity contribution >= 4 is 23.5 Å². The summed E-state index contributed by atoms with van der Waals surface area (Å²) < 4.78 is 0. The molecule has 0 spiro atoms. The molecule has 1 atom stereocenters. The maximum atomic E-state index is 12.7. The highest BCUT2D eigenvalue weighted by atomic mass is 16.4. The first-order chi connectivity index (χ1) is 15.4. The Hall–Kier alpha value is -4.13. The summed E-state index contributed by atoms with van der Waals surface area (Å²) >= 11 is 0. The Bertz CT molecular complexity index is 1060. The van der Waals surface area contributed by atoms with Gasteiger partial charge in [0.2, 0.25) is 5.91 Å². The zero-order chi connectivity index (χ0) is 22.9. The molecule has 0 bridgehead atoms. The van der Waals surface area contributed by atoms with Crippen LogP contribution in [0.1, 0.15) is 28.8 Å². The fraction of sp³-hybridized carbons (Fsp3) is 0.160. The number of nitrogens with one attached hydrogen (secondary N) is 2. The van der Waals surface area contributed by atoms with E-state index in [1.165, 1.54) is 0 Å². The molecule has 0 saturated heterocycles. The largest absolute Gasteiger partial charge is 0.481 e. The third-order valence-electron chi connectivity index (χ3n) is 4.97. The number of hydrogen-bond acceptors (Lipinski definition) is 4. The number of carbonyl (C=O) groups is 3. The summed E-state index contributed by atoms with van der Waals surface area (Å²) in [6.45, 7) is 0.287. The van der Waals surface area contributed by atoms with Gasteiger partial charge in [-0.2, -0.15) is 0 Å². The number of carbonyl (C=O) groups excluding carboxylic acids is 2. The summed E-state index contributed by atoms with van der Waals surface area (Å²) in [6.07, 6.45) is -0.245. The van der Waals surface area contributed by atoms with Crippen molar-refractivity contribution in [3.8, 4) is 11.1 Å². The molecule has 0 saturated carbocycles. The smallest absolute Gasteiger partial charge is 0.303 e. The van der Waals surface area contributed by atoms with Crippen LogP contribution < -0.4 is 16.4 Å². The monoisotopic (exact) mass is 431 g/mol. The summed E-state index contributed by atoms with van der Waals surface area (Å²) in [4.78, 5) is 36.4. The molecule has 3 aromatic carbocycles. The van der Waals surface area contributed by atoms with Crippen LogP contribution >= 0.6 is 0 Å². The average molecular weight is 431 g/mol. The summed E-state index contributed by atoms with van der Waals surface area (Å²) in [7, 11) is 0. The number of aliphatic carboxylic acids is 1. The van der Waals surface area contributed by atoms with Crippen molar-refractivity contribution in [1.29, 1.82) is 0 Å². The van der Waals surface area contributed by atoms with Crippen LogP contribution in [0.4, 0.5) is 5.69 Å². The third kappa shape index (κ3) is 6.43. The molecule has 2 amide bonds. The highest BCUT2D eigenvalue weighted by Gasteiger charge is 2.22. The van der Waals surface area contributed by atoms with Gasteiger partial charge in [-0.15, -0.1) is 0 Å². The Labute approximate surface area is 186 Å². The van der Waals surface area contributed by atoms with E-state index < -0.39 is 23.8 Å². The lowest BCUT2D eigenvalue weighted by Crippen LogP contribution is -2.46. The Morgan fingerprint density at radius 1 is 0.844 bits per heavy atom. The zero-order valence-electron chi connectivity index (χ0n) is 17.5. The summed E-state index contributed by atoms with van der Waals surface area (Å²) in [5, 5.41) is 14.4. The predicted molar refractivity (Wildman–Crippen MR) is 123 cm³/mol. The Morgan fingerprint density at radius 2 is 1.44 bits per heavy atom. The molecule has 7 heteroatoms. The molecule has 0 fully saturated rings. The van der Waals surface area contributed by atoms with Gasteiger partial charge in [0.1, 0.15) is 6.04 Å². The molecule has 164 valence electrons. The molecule has 0 aliphatic rings. The van der Waals surface area contributed by atoms with Crippen LogP contribution in [0.3, 0.4) is 0 Å². The lowest BCUT2D eigenvalue weighted by molar-refractivity contribution is -0.137. The molecule has 0 radical (unpaired) electrons. The van der Waals surface area contributed by atoms with Crippen LogP contribution in [0.15, 0.2) is 78.9 Å². The number of nitrogen functional groups attached to an aromatic ring is 1. The van der Waals surface area contributed by atoms with E-state index in [1.54, 1.807) is 24.3 Å². The summed E-state index contributed by atoms with van der Waals surface area (Å²) in [6, 6.07) is 22.7. The molecule has 0 aliphatic carbocycles. The van der Waals surface area contributed by atoms with Gasteiger partial charge in [0.15, 0.2) is 0 Å². The van der Waals surface area contributed by atoms with Crippen molar-refractivity contribution in [2.24, 2.45) is 0 Å². The second-order valence-corrected chi connectivity index (χ2v) is 7.36. The molecule has 3 aromatic rings. The van der Waals surface area contributed by atoms with Crippen molar-refractivity contribution in [2.45, 2.75) is 25.4 Å². The van der Waals surface area contributed by atoms with E-state index in [9.17, 15) is 14.4 Å². The summed E-state index contributed by atoms with van der Waals surface area (Å²) in [5.41, 5.74) is 9.55. The topological polar surface area (TPSA) is 122 Å². The van der Waals surface area contributed by atoms with Gasteiger partial charge in [-0.3, -0.25) is 14.4 Å². The molecule has 3 rings (SSSR count). The van der Waals surface area contributed by atoms with Gasteiger partial charge in [-0.05, 0) is 47.4 Å². The van der Waals surface area contributed by atoms with Crippen LogP contribution in [-0.2, 0) is 16.1 Å². The molecule has 0 heterocycles. The van der Waals surface area contributed by atoms with E-state index in [0.717, 1.165) is 16.7 Å². The second-order valence-electron chi connectivity index (χ2n) is 7.36. The lowest BCUT2D eigenvalue weighted by Gasteiger charge is -2.18. The number of carboxylic acids is 1. The molecular weight excluding hydrogens is 406 g/mol. The quantitative estimate of drug-likeness (QED) is 0.388. The number of carboxylic acid groups (broad SMARTS) is 1.